The molecule has 0 aromatic heterocycles. The van der Waals surface area contributed by atoms with Gasteiger partial charge in [0.1, 0.15) is 0 Å². The molecule has 0 aromatic carbocycles. The molecule has 0 spiro atoms. The highest BCUT2D eigenvalue weighted by Crippen LogP contribution is 2.43. The fourth-order valence-electron chi connectivity index (χ4n) is 1.76. The lowest BCUT2D eigenvalue weighted by molar-refractivity contribution is 0.317. The maximum Gasteiger partial charge on any atom is 0.0160 e. The lowest BCUT2D eigenvalue weighted by Gasteiger charge is -2.06. The topological polar surface area (TPSA) is 29.3 Å². The van der Waals surface area contributed by atoms with Crippen LogP contribution in [0.25, 0.3) is 0 Å². The molecule has 16 heavy (non-hydrogen) atoms. The van der Waals surface area contributed by atoms with Crippen LogP contribution in [-0.2, 0) is 0 Å². The fourth-order valence-corrected chi connectivity index (χ4v) is 1.76. The summed E-state index contributed by atoms with van der Waals surface area (Å²) in [6.07, 6.45) is 10.8. The zero-order valence-corrected chi connectivity index (χ0v) is 11.3. The van der Waals surface area contributed by atoms with Gasteiger partial charge in [0.25, 0.3) is 0 Å². The molecule has 1 saturated heterocycles. The number of fused-ring (bicyclic) bond motifs is 1. The van der Waals surface area contributed by atoms with E-state index in [0.29, 0.717) is 0 Å². The van der Waals surface area contributed by atoms with Crippen LogP contribution in [0.2, 0.25) is 0 Å². The van der Waals surface area contributed by atoms with Gasteiger partial charge in [0.15, 0.2) is 0 Å². The summed E-state index contributed by atoms with van der Waals surface area (Å²) in [6.45, 7) is 10.5. The molecule has 2 fully saturated rings. The summed E-state index contributed by atoms with van der Waals surface area (Å²) in [5, 5.41) is 1.93. The van der Waals surface area contributed by atoms with Gasteiger partial charge in [-0.1, -0.05) is 45.1 Å². The fraction of sp³-hybridized carbons (Fsp3) is 0.714. The monoisotopic (exact) mass is 224 g/mol. The van der Waals surface area contributed by atoms with Crippen LogP contribution in [0.5, 0.6) is 0 Å². The summed E-state index contributed by atoms with van der Waals surface area (Å²) in [5.41, 5.74) is 0. The van der Waals surface area contributed by atoms with Crippen molar-refractivity contribution in [2.24, 2.45) is 17.7 Å². The number of hydrazine groups is 1. The quantitative estimate of drug-likeness (QED) is 0.575. The summed E-state index contributed by atoms with van der Waals surface area (Å²) in [4.78, 5) is 0. The van der Waals surface area contributed by atoms with Crippen LogP contribution in [0.15, 0.2) is 24.3 Å². The molecule has 2 rings (SSSR count). The Morgan fingerprint density at radius 1 is 1.19 bits per heavy atom. The van der Waals surface area contributed by atoms with Gasteiger partial charge >= 0.3 is 0 Å². The number of piperidine rings is 1. The minimum atomic E-state index is 0.991. The van der Waals surface area contributed by atoms with Crippen LogP contribution < -0.4 is 5.84 Å². The Balaban J connectivity index is 0.000000244. The maximum absolute atomic E-state index is 5.49. The first-order valence-electron chi connectivity index (χ1n) is 6.55. The van der Waals surface area contributed by atoms with Gasteiger partial charge in [-0.3, -0.25) is 5.84 Å². The molecule has 0 bridgehead atoms. The number of hydrogen-bond acceptors (Lipinski definition) is 2. The molecule has 94 valence electrons. The molecule has 2 unspecified atom stereocenters. The van der Waals surface area contributed by atoms with Gasteiger partial charge in [0, 0.05) is 13.1 Å². The first-order chi connectivity index (χ1) is 7.77. The minimum Gasteiger partial charge on any atom is -0.269 e. The molecule has 2 heteroatoms. The van der Waals surface area contributed by atoms with Gasteiger partial charge in [0.05, 0.1) is 0 Å². The largest absolute Gasteiger partial charge is 0.269 e. The summed E-state index contributed by atoms with van der Waals surface area (Å²) < 4.78 is 0. The number of rotatable bonds is 2. The van der Waals surface area contributed by atoms with E-state index in [4.69, 9.17) is 5.84 Å². The molecule has 2 aliphatic rings. The van der Waals surface area contributed by atoms with Crippen molar-refractivity contribution in [2.45, 2.75) is 40.5 Å². The Morgan fingerprint density at radius 2 is 1.75 bits per heavy atom. The van der Waals surface area contributed by atoms with E-state index >= 15 is 0 Å². The molecule has 1 heterocycles. The molecule has 1 aliphatic carbocycles. The van der Waals surface area contributed by atoms with Crippen LogP contribution in [0.1, 0.15) is 40.5 Å². The van der Waals surface area contributed by atoms with Gasteiger partial charge in [0.2, 0.25) is 0 Å². The van der Waals surface area contributed by atoms with Crippen molar-refractivity contribution in [2.75, 3.05) is 13.1 Å². The van der Waals surface area contributed by atoms with Crippen LogP contribution in [0.4, 0.5) is 0 Å². The number of allylic oxidation sites excluding steroid dienone is 4. The Kier molecular flexibility index (Phi) is 9.25. The van der Waals surface area contributed by atoms with Crippen molar-refractivity contribution in [1.29, 1.82) is 0 Å². The van der Waals surface area contributed by atoms with E-state index in [2.05, 4.69) is 19.1 Å². The Labute approximate surface area is 101 Å². The van der Waals surface area contributed by atoms with Crippen LogP contribution >= 0.6 is 0 Å². The third-order valence-corrected chi connectivity index (χ3v) is 2.68. The number of nitrogens with zero attached hydrogens (tertiary/aromatic N) is 1. The first kappa shape index (κ1) is 15.4. The van der Waals surface area contributed by atoms with E-state index < -0.39 is 0 Å². The zero-order chi connectivity index (χ0) is 12.4. The van der Waals surface area contributed by atoms with Crippen molar-refractivity contribution in [3.8, 4) is 0 Å². The van der Waals surface area contributed by atoms with Gasteiger partial charge < -0.3 is 0 Å². The Hall–Kier alpha value is -0.600. The van der Waals surface area contributed by atoms with E-state index in [0.717, 1.165) is 31.3 Å². The molecule has 0 radical (unpaired) electrons. The van der Waals surface area contributed by atoms with Crippen LogP contribution in [0.3, 0.4) is 0 Å². The minimum absolute atomic E-state index is 0.991. The van der Waals surface area contributed by atoms with E-state index in [1.165, 1.54) is 6.42 Å². The third-order valence-electron chi connectivity index (χ3n) is 2.68. The summed E-state index contributed by atoms with van der Waals surface area (Å²) in [7, 11) is 0. The van der Waals surface area contributed by atoms with Crippen LogP contribution in [-0.4, -0.2) is 18.1 Å². The van der Waals surface area contributed by atoms with Crippen molar-refractivity contribution in [3.05, 3.63) is 24.3 Å². The van der Waals surface area contributed by atoms with Gasteiger partial charge in [-0.05, 0) is 31.6 Å². The lowest BCUT2D eigenvalue weighted by atomic mass is 10.4. The van der Waals surface area contributed by atoms with Crippen molar-refractivity contribution < 1.29 is 0 Å². The van der Waals surface area contributed by atoms with E-state index in [1.54, 1.807) is 0 Å². The first-order valence-corrected chi connectivity index (χ1v) is 6.55. The number of hydrogen-bond donors (Lipinski definition) is 1. The highest BCUT2D eigenvalue weighted by atomic mass is 15.4. The van der Waals surface area contributed by atoms with Crippen molar-refractivity contribution in [1.82, 2.24) is 5.01 Å². The summed E-state index contributed by atoms with van der Waals surface area (Å²) in [5.74, 6) is 7.47. The smallest absolute Gasteiger partial charge is 0.0160 e. The standard InChI is InChI=1S/C7H12.C5H10N2.C2H6/c1-3-5-7-6-4-2;6-7-2-4-1-5(4)3-7;1-2/h3,5-7H,4H2,1-2H3;4-5H,1-3,6H2;1-2H3/b5-3-,7-6-;;. The molecule has 2 atom stereocenters. The van der Waals surface area contributed by atoms with E-state index in [1.807, 2.05) is 37.9 Å². The SMILES string of the molecule is C/C=C\C=C/CC.CC.NN1CC2CC2C1. The molecule has 2 N–H and O–H groups in total. The number of nitrogens with two attached hydrogens (primary N) is 1. The molecule has 0 aromatic rings. The second-order valence-corrected chi connectivity index (χ2v) is 4.07. The molecule has 1 aliphatic heterocycles. The highest BCUT2D eigenvalue weighted by molar-refractivity contribution is 5.00. The molecule has 0 amide bonds. The average molecular weight is 224 g/mol. The van der Waals surface area contributed by atoms with Gasteiger partial charge in [-0.2, -0.15) is 0 Å². The highest BCUT2D eigenvalue weighted by Gasteiger charge is 2.43. The predicted octanol–water partition coefficient (Wildman–Crippen LogP) is 3.37. The molecule has 2 nitrogen and oxygen atoms in total. The Bertz CT molecular complexity index is 199. The molecule has 1 saturated carbocycles. The molecular weight excluding hydrogens is 196 g/mol. The zero-order valence-electron chi connectivity index (χ0n) is 11.3. The van der Waals surface area contributed by atoms with Crippen molar-refractivity contribution >= 4 is 0 Å². The van der Waals surface area contributed by atoms with Gasteiger partial charge in [-0.25, -0.2) is 5.01 Å². The maximum atomic E-state index is 5.49. The van der Waals surface area contributed by atoms with E-state index in [9.17, 15) is 0 Å². The van der Waals surface area contributed by atoms with E-state index in [-0.39, 0.29) is 0 Å². The van der Waals surface area contributed by atoms with Gasteiger partial charge in [-0.15, -0.1) is 0 Å². The summed E-state index contributed by atoms with van der Waals surface area (Å²) >= 11 is 0. The average Bonchev–Trinajstić information content (AvgIpc) is 2.91. The molecular formula is C14H28N2. The predicted molar refractivity (Wildman–Crippen MR) is 73.0 cm³/mol. The third kappa shape index (κ3) is 6.81. The summed E-state index contributed by atoms with van der Waals surface area (Å²) in [6, 6.07) is 0. The Morgan fingerprint density at radius 3 is 2.06 bits per heavy atom. The normalized spacial score (nSPS) is 27.1. The lowest BCUT2D eigenvalue weighted by Crippen LogP contribution is -2.29. The second kappa shape index (κ2) is 9.61. The van der Waals surface area contributed by atoms with Crippen molar-refractivity contribution in [3.63, 3.8) is 0 Å². The second-order valence-electron chi connectivity index (χ2n) is 4.07. The van der Waals surface area contributed by atoms with Crippen LogP contribution in [0, 0.1) is 11.8 Å².